The molecular formula is C19H32N4O2. The molecule has 25 heavy (non-hydrogen) atoms. The molecule has 2 heterocycles. The number of nitrogens with one attached hydrogen (secondary N) is 1. The van der Waals surface area contributed by atoms with E-state index in [4.69, 9.17) is 0 Å². The molecule has 1 N–H and O–H groups in total. The number of hydrogen-bond acceptors (Lipinski definition) is 2. The molecule has 1 aliphatic rings. The number of carbonyl (C=O) groups is 2. The molecule has 1 aromatic rings. The van der Waals surface area contributed by atoms with Crippen molar-refractivity contribution in [2.45, 2.75) is 60.0 Å². The Morgan fingerprint density at radius 1 is 1.04 bits per heavy atom. The SMILES string of the molecule is Cc1cc(C(=O)N2CCN(C(=O)NC(C)(C)C)CC2)c(C)n1C(C)C. The minimum Gasteiger partial charge on any atom is -0.346 e. The van der Waals surface area contributed by atoms with Gasteiger partial charge in [-0.3, -0.25) is 4.79 Å². The van der Waals surface area contributed by atoms with Crippen LogP contribution in [0.2, 0.25) is 0 Å². The first-order valence-corrected chi connectivity index (χ1v) is 9.06. The smallest absolute Gasteiger partial charge is 0.317 e. The second-order valence-corrected chi connectivity index (χ2v) is 8.21. The highest BCUT2D eigenvalue weighted by atomic mass is 16.2. The van der Waals surface area contributed by atoms with Gasteiger partial charge in [-0.05, 0) is 54.5 Å². The van der Waals surface area contributed by atoms with Crippen LogP contribution in [-0.4, -0.2) is 58.0 Å². The first-order chi connectivity index (χ1) is 11.5. The normalized spacial score (nSPS) is 15.7. The maximum Gasteiger partial charge on any atom is 0.317 e. The van der Waals surface area contributed by atoms with E-state index in [-0.39, 0.29) is 17.5 Å². The van der Waals surface area contributed by atoms with Crippen molar-refractivity contribution in [2.24, 2.45) is 0 Å². The van der Waals surface area contributed by atoms with E-state index in [9.17, 15) is 9.59 Å². The highest BCUT2D eigenvalue weighted by Crippen LogP contribution is 2.22. The average molecular weight is 348 g/mol. The van der Waals surface area contributed by atoms with Crippen molar-refractivity contribution < 1.29 is 9.59 Å². The zero-order valence-electron chi connectivity index (χ0n) is 16.6. The van der Waals surface area contributed by atoms with Crippen molar-refractivity contribution in [3.63, 3.8) is 0 Å². The number of nitrogens with zero attached hydrogens (tertiary/aromatic N) is 3. The van der Waals surface area contributed by atoms with E-state index in [0.29, 0.717) is 32.2 Å². The van der Waals surface area contributed by atoms with Crippen LogP contribution in [0.25, 0.3) is 0 Å². The fourth-order valence-electron chi connectivity index (χ4n) is 3.47. The van der Waals surface area contributed by atoms with E-state index in [0.717, 1.165) is 17.0 Å². The Hall–Kier alpha value is -1.98. The van der Waals surface area contributed by atoms with Crippen molar-refractivity contribution in [1.29, 1.82) is 0 Å². The van der Waals surface area contributed by atoms with E-state index >= 15 is 0 Å². The Balaban J connectivity index is 2.03. The Labute approximate surface area is 151 Å². The molecule has 0 atom stereocenters. The number of amides is 3. The number of rotatable bonds is 2. The van der Waals surface area contributed by atoms with Gasteiger partial charge in [-0.2, -0.15) is 0 Å². The monoisotopic (exact) mass is 348 g/mol. The molecule has 0 spiro atoms. The topological polar surface area (TPSA) is 57.6 Å². The number of aryl methyl sites for hydroxylation is 1. The zero-order valence-corrected chi connectivity index (χ0v) is 16.6. The molecule has 0 saturated carbocycles. The third-order valence-electron chi connectivity index (χ3n) is 4.57. The first kappa shape index (κ1) is 19.3. The van der Waals surface area contributed by atoms with Crippen LogP contribution in [0.5, 0.6) is 0 Å². The molecule has 1 saturated heterocycles. The Morgan fingerprint density at radius 2 is 1.56 bits per heavy atom. The van der Waals surface area contributed by atoms with Crippen LogP contribution in [0.1, 0.15) is 62.4 Å². The van der Waals surface area contributed by atoms with E-state index in [1.165, 1.54) is 0 Å². The highest BCUT2D eigenvalue weighted by Gasteiger charge is 2.28. The first-order valence-electron chi connectivity index (χ1n) is 9.06. The van der Waals surface area contributed by atoms with Crippen LogP contribution in [0, 0.1) is 13.8 Å². The van der Waals surface area contributed by atoms with Gasteiger partial charge < -0.3 is 19.7 Å². The van der Waals surface area contributed by atoms with Crippen LogP contribution in [0.3, 0.4) is 0 Å². The van der Waals surface area contributed by atoms with Gasteiger partial charge in [0.15, 0.2) is 0 Å². The Kier molecular flexibility index (Phi) is 5.49. The lowest BCUT2D eigenvalue weighted by Crippen LogP contribution is -2.56. The Bertz CT molecular complexity index is 647. The van der Waals surface area contributed by atoms with Gasteiger partial charge in [0.2, 0.25) is 0 Å². The molecule has 1 fully saturated rings. The number of aromatic nitrogens is 1. The van der Waals surface area contributed by atoms with Crippen molar-refractivity contribution in [3.05, 3.63) is 23.0 Å². The minimum atomic E-state index is -0.252. The molecule has 0 bridgehead atoms. The van der Waals surface area contributed by atoms with E-state index in [1.807, 2.05) is 45.6 Å². The largest absolute Gasteiger partial charge is 0.346 e. The Morgan fingerprint density at radius 3 is 2.00 bits per heavy atom. The van der Waals surface area contributed by atoms with Crippen LogP contribution >= 0.6 is 0 Å². The zero-order chi connectivity index (χ0) is 18.9. The predicted molar refractivity (Wildman–Crippen MR) is 100 cm³/mol. The van der Waals surface area contributed by atoms with Crippen LogP contribution in [0.15, 0.2) is 6.07 Å². The molecule has 0 aromatic carbocycles. The minimum absolute atomic E-state index is 0.0578. The van der Waals surface area contributed by atoms with Gasteiger partial charge in [0.1, 0.15) is 0 Å². The van der Waals surface area contributed by atoms with Gasteiger partial charge in [-0.1, -0.05) is 0 Å². The summed E-state index contributed by atoms with van der Waals surface area (Å²) in [5, 5.41) is 2.98. The molecule has 0 aliphatic carbocycles. The van der Waals surface area contributed by atoms with Crippen molar-refractivity contribution >= 4 is 11.9 Å². The van der Waals surface area contributed by atoms with Crippen LogP contribution in [-0.2, 0) is 0 Å². The number of hydrogen-bond donors (Lipinski definition) is 1. The standard InChI is InChI=1S/C19H32N4O2/c1-13(2)23-14(3)12-16(15(23)4)17(24)21-8-10-22(11-9-21)18(25)20-19(5,6)7/h12-13H,8-11H2,1-7H3,(H,20,25). The van der Waals surface area contributed by atoms with Crippen molar-refractivity contribution in [2.75, 3.05) is 26.2 Å². The second-order valence-electron chi connectivity index (χ2n) is 8.21. The summed E-state index contributed by atoms with van der Waals surface area (Å²) < 4.78 is 2.19. The van der Waals surface area contributed by atoms with Gasteiger partial charge in [0.25, 0.3) is 5.91 Å². The predicted octanol–water partition coefficient (Wildman–Crippen LogP) is 2.95. The van der Waals surface area contributed by atoms with Gasteiger partial charge >= 0.3 is 6.03 Å². The van der Waals surface area contributed by atoms with Gasteiger partial charge in [0, 0.05) is 49.1 Å². The summed E-state index contributed by atoms with van der Waals surface area (Å²) >= 11 is 0. The number of piperazine rings is 1. The fourth-order valence-corrected chi connectivity index (χ4v) is 3.47. The molecule has 1 aromatic heterocycles. The summed E-state index contributed by atoms with van der Waals surface area (Å²) in [7, 11) is 0. The van der Waals surface area contributed by atoms with E-state index in [1.54, 1.807) is 4.90 Å². The molecule has 140 valence electrons. The summed E-state index contributed by atoms with van der Waals surface area (Å²) in [6, 6.07) is 2.26. The van der Waals surface area contributed by atoms with Crippen LogP contribution in [0.4, 0.5) is 4.79 Å². The maximum atomic E-state index is 12.9. The molecule has 0 radical (unpaired) electrons. The fraction of sp³-hybridized carbons (Fsp3) is 0.684. The molecule has 1 aliphatic heterocycles. The number of carbonyl (C=O) groups excluding carboxylic acids is 2. The lowest BCUT2D eigenvalue weighted by Gasteiger charge is -2.36. The lowest BCUT2D eigenvalue weighted by atomic mass is 10.1. The molecule has 2 rings (SSSR count). The third kappa shape index (κ3) is 4.35. The van der Waals surface area contributed by atoms with Crippen molar-refractivity contribution in [1.82, 2.24) is 19.7 Å². The van der Waals surface area contributed by atoms with Gasteiger partial charge in [0.05, 0.1) is 5.56 Å². The van der Waals surface area contributed by atoms with E-state index < -0.39 is 0 Å². The summed E-state index contributed by atoms with van der Waals surface area (Å²) in [5.41, 5.74) is 2.65. The third-order valence-corrected chi connectivity index (χ3v) is 4.57. The second kappa shape index (κ2) is 7.10. The molecule has 6 heteroatoms. The lowest BCUT2D eigenvalue weighted by molar-refractivity contribution is 0.0660. The molecule has 0 unspecified atom stereocenters. The summed E-state index contributed by atoms with van der Waals surface area (Å²) in [5.74, 6) is 0.0656. The van der Waals surface area contributed by atoms with Gasteiger partial charge in [-0.15, -0.1) is 0 Å². The summed E-state index contributed by atoms with van der Waals surface area (Å²) in [6.45, 7) is 16.5. The van der Waals surface area contributed by atoms with Gasteiger partial charge in [-0.25, -0.2) is 4.79 Å². The summed E-state index contributed by atoms with van der Waals surface area (Å²) in [6.07, 6.45) is 0. The molecular weight excluding hydrogens is 316 g/mol. The quantitative estimate of drug-likeness (QED) is 0.893. The highest BCUT2D eigenvalue weighted by molar-refractivity contribution is 5.96. The van der Waals surface area contributed by atoms with Crippen molar-refractivity contribution in [3.8, 4) is 0 Å². The van der Waals surface area contributed by atoms with Crippen LogP contribution < -0.4 is 5.32 Å². The number of urea groups is 1. The maximum absolute atomic E-state index is 12.9. The average Bonchev–Trinajstić information content (AvgIpc) is 2.79. The summed E-state index contributed by atoms with van der Waals surface area (Å²) in [4.78, 5) is 28.8. The molecule has 3 amide bonds. The van der Waals surface area contributed by atoms with E-state index in [2.05, 4.69) is 23.7 Å². The molecule has 6 nitrogen and oxygen atoms in total.